The SMILES string of the molecule is Cc1cc(C(F)(F)F)ncc1N1CC2(CCC(c3cccc(Cl)c3)(N(C)C)CC2)NC1O. The van der Waals surface area contributed by atoms with Crippen molar-refractivity contribution in [2.24, 2.45) is 0 Å². The van der Waals surface area contributed by atoms with E-state index in [0.29, 0.717) is 22.8 Å². The van der Waals surface area contributed by atoms with Gasteiger partial charge in [-0.1, -0.05) is 23.7 Å². The Morgan fingerprint density at radius 1 is 1.19 bits per heavy atom. The molecule has 4 rings (SSSR count). The molecule has 0 amide bonds. The van der Waals surface area contributed by atoms with E-state index in [4.69, 9.17) is 11.6 Å². The molecule has 2 fully saturated rings. The van der Waals surface area contributed by atoms with Gasteiger partial charge in [-0.2, -0.15) is 13.2 Å². The maximum atomic E-state index is 13.0. The summed E-state index contributed by atoms with van der Waals surface area (Å²) >= 11 is 6.26. The molecule has 32 heavy (non-hydrogen) atoms. The Bertz CT molecular complexity index is 989. The number of benzene rings is 1. The normalized spacial score (nSPS) is 28.7. The number of aromatic nitrogens is 1. The molecule has 1 unspecified atom stereocenters. The second-order valence-corrected chi connectivity index (χ2v) is 9.65. The Kier molecular flexibility index (Phi) is 5.94. The quantitative estimate of drug-likeness (QED) is 0.693. The zero-order valence-electron chi connectivity index (χ0n) is 18.4. The molecule has 174 valence electrons. The molecular weight excluding hydrogens is 441 g/mol. The Balaban J connectivity index is 1.55. The number of hydrogen-bond acceptors (Lipinski definition) is 5. The number of hydrogen-bond donors (Lipinski definition) is 2. The largest absolute Gasteiger partial charge is 0.433 e. The lowest BCUT2D eigenvalue weighted by Gasteiger charge is -2.49. The number of pyridine rings is 1. The summed E-state index contributed by atoms with van der Waals surface area (Å²) in [7, 11) is 4.14. The number of rotatable bonds is 3. The molecule has 9 heteroatoms. The summed E-state index contributed by atoms with van der Waals surface area (Å²) in [5.74, 6) is 0. The molecule has 2 aliphatic rings. The fourth-order valence-electron chi connectivity index (χ4n) is 5.25. The van der Waals surface area contributed by atoms with Crippen LogP contribution in [0.5, 0.6) is 0 Å². The van der Waals surface area contributed by atoms with Crippen LogP contribution in [0.4, 0.5) is 18.9 Å². The number of aryl methyl sites for hydroxylation is 1. The van der Waals surface area contributed by atoms with Crippen LogP contribution in [-0.4, -0.2) is 47.5 Å². The van der Waals surface area contributed by atoms with E-state index >= 15 is 0 Å². The summed E-state index contributed by atoms with van der Waals surface area (Å²) in [6.07, 6.45) is -0.940. The predicted octanol–water partition coefficient (Wildman–Crippen LogP) is 4.52. The van der Waals surface area contributed by atoms with Gasteiger partial charge >= 0.3 is 6.18 Å². The highest BCUT2D eigenvalue weighted by Gasteiger charge is 2.50. The molecule has 0 radical (unpaired) electrons. The minimum Gasteiger partial charge on any atom is -0.361 e. The van der Waals surface area contributed by atoms with Crippen LogP contribution in [0.3, 0.4) is 0 Å². The summed E-state index contributed by atoms with van der Waals surface area (Å²) in [5, 5.41) is 14.8. The zero-order valence-corrected chi connectivity index (χ0v) is 19.1. The van der Waals surface area contributed by atoms with E-state index in [-0.39, 0.29) is 11.1 Å². The van der Waals surface area contributed by atoms with Gasteiger partial charge in [0.25, 0.3) is 0 Å². The van der Waals surface area contributed by atoms with E-state index in [0.717, 1.165) is 31.7 Å². The molecule has 0 bridgehead atoms. The second kappa shape index (κ2) is 8.17. The van der Waals surface area contributed by atoms with Gasteiger partial charge in [0.15, 0.2) is 6.35 Å². The molecule has 1 atom stereocenters. The number of aliphatic hydroxyl groups is 1. The van der Waals surface area contributed by atoms with Gasteiger partial charge in [0, 0.05) is 22.6 Å². The lowest BCUT2D eigenvalue weighted by molar-refractivity contribution is -0.141. The Labute approximate surface area is 191 Å². The van der Waals surface area contributed by atoms with Gasteiger partial charge in [-0.15, -0.1) is 0 Å². The van der Waals surface area contributed by atoms with Gasteiger partial charge in [-0.05, 0) is 76.0 Å². The summed E-state index contributed by atoms with van der Waals surface area (Å²) in [4.78, 5) is 7.54. The van der Waals surface area contributed by atoms with Crippen molar-refractivity contribution in [3.8, 4) is 0 Å². The summed E-state index contributed by atoms with van der Waals surface area (Å²) < 4.78 is 39.0. The Hall–Kier alpha value is -1.87. The number of aliphatic hydroxyl groups excluding tert-OH is 1. The Morgan fingerprint density at radius 3 is 2.44 bits per heavy atom. The van der Waals surface area contributed by atoms with Crippen LogP contribution in [0.25, 0.3) is 0 Å². The molecule has 1 spiro atoms. The summed E-state index contributed by atoms with van der Waals surface area (Å²) in [6, 6.07) is 8.98. The van der Waals surface area contributed by atoms with Crippen LogP contribution in [0.2, 0.25) is 5.02 Å². The first-order chi connectivity index (χ1) is 15.0. The fourth-order valence-corrected chi connectivity index (χ4v) is 5.44. The van der Waals surface area contributed by atoms with E-state index < -0.39 is 18.2 Å². The molecule has 1 aromatic heterocycles. The van der Waals surface area contributed by atoms with E-state index in [2.05, 4.69) is 35.4 Å². The number of halogens is 4. The molecule has 2 N–H and O–H groups in total. The molecule has 5 nitrogen and oxygen atoms in total. The minimum atomic E-state index is -4.49. The van der Waals surface area contributed by atoms with Crippen LogP contribution in [0.1, 0.15) is 42.5 Å². The highest BCUT2D eigenvalue weighted by molar-refractivity contribution is 6.30. The number of nitrogens with zero attached hydrogens (tertiary/aromatic N) is 3. The molecule has 2 heterocycles. The first-order valence-electron chi connectivity index (χ1n) is 10.7. The molecular formula is C23H28ClF3N4O. The maximum absolute atomic E-state index is 13.0. The number of alkyl halides is 3. The van der Waals surface area contributed by atoms with Crippen molar-refractivity contribution in [2.45, 2.75) is 56.2 Å². The zero-order chi connectivity index (χ0) is 23.3. The predicted molar refractivity (Wildman–Crippen MR) is 118 cm³/mol. The van der Waals surface area contributed by atoms with Gasteiger partial charge in [0.05, 0.1) is 11.9 Å². The lowest BCUT2D eigenvalue weighted by Crippen LogP contribution is -2.54. The van der Waals surface area contributed by atoms with Gasteiger partial charge in [0.2, 0.25) is 0 Å². The second-order valence-electron chi connectivity index (χ2n) is 9.22. The van der Waals surface area contributed by atoms with E-state index in [1.54, 1.807) is 11.8 Å². The topological polar surface area (TPSA) is 51.6 Å². The standard InChI is InChI=1S/C23H28ClF3N4O/c1-15-11-19(23(25,26)27)28-13-18(15)31-14-21(29-20(31)32)7-9-22(10-8-21,30(2)3)16-5-4-6-17(24)12-16/h4-6,11-13,20,29,32H,7-10,14H2,1-3H3. The van der Waals surface area contributed by atoms with Gasteiger partial charge in [0.1, 0.15) is 5.69 Å². The van der Waals surface area contributed by atoms with Gasteiger partial charge in [-0.25, -0.2) is 4.98 Å². The first-order valence-corrected chi connectivity index (χ1v) is 11.0. The highest BCUT2D eigenvalue weighted by atomic mass is 35.5. The fraction of sp³-hybridized carbons (Fsp3) is 0.522. The first kappa shape index (κ1) is 23.3. The molecule has 1 saturated carbocycles. The molecule has 1 aromatic carbocycles. The van der Waals surface area contributed by atoms with Crippen molar-refractivity contribution in [2.75, 3.05) is 25.5 Å². The van der Waals surface area contributed by atoms with E-state index in [1.807, 2.05) is 18.2 Å². The average Bonchev–Trinajstić information content (AvgIpc) is 3.03. The van der Waals surface area contributed by atoms with Crippen LogP contribution < -0.4 is 10.2 Å². The smallest absolute Gasteiger partial charge is 0.361 e. The summed E-state index contributed by atoms with van der Waals surface area (Å²) in [5.41, 5.74) is 0.694. The van der Waals surface area contributed by atoms with Crippen molar-refractivity contribution in [3.63, 3.8) is 0 Å². The highest BCUT2D eigenvalue weighted by Crippen LogP contribution is 2.47. The van der Waals surface area contributed by atoms with Crippen molar-refractivity contribution in [3.05, 3.63) is 58.4 Å². The molecule has 1 saturated heterocycles. The van der Waals surface area contributed by atoms with E-state index in [1.165, 1.54) is 11.8 Å². The number of nitrogens with one attached hydrogen (secondary N) is 1. The summed E-state index contributed by atoms with van der Waals surface area (Å²) in [6.45, 7) is 2.11. The third-order valence-corrected chi connectivity index (χ3v) is 7.37. The van der Waals surface area contributed by atoms with E-state index in [9.17, 15) is 18.3 Å². The van der Waals surface area contributed by atoms with Crippen LogP contribution in [-0.2, 0) is 11.7 Å². The van der Waals surface area contributed by atoms with Crippen LogP contribution in [0.15, 0.2) is 36.5 Å². The monoisotopic (exact) mass is 468 g/mol. The van der Waals surface area contributed by atoms with Crippen LogP contribution >= 0.6 is 11.6 Å². The lowest BCUT2D eigenvalue weighted by atomic mass is 9.69. The molecule has 1 aliphatic heterocycles. The average molecular weight is 469 g/mol. The third kappa shape index (κ3) is 4.09. The minimum absolute atomic E-state index is 0.165. The maximum Gasteiger partial charge on any atom is 0.433 e. The van der Waals surface area contributed by atoms with Crippen molar-refractivity contribution < 1.29 is 18.3 Å². The number of anilines is 1. The molecule has 1 aliphatic carbocycles. The van der Waals surface area contributed by atoms with Crippen LogP contribution in [0, 0.1) is 6.92 Å². The van der Waals surface area contributed by atoms with Gasteiger partial charge < -0.3 is 10.0 Å². The molecule has 2 aromatic rings. The van der Waals surface area contributed by atoms with Gasteiger partial charge in [-0.3, -0.25) is 10.2 Å². The van der Waals surface area contributed by atoms with Crippen molar-refractivity contribution in [1.82, 2.24) is 15.2 Å². The Morgan fingerprint density at radius 2 is 1.88 bits per heavy atom. The van der Waals surface area contributed by atoms with Crippen molar-refractivity contribution >= 4 is 17.3 Å². The third-order valence-electron chi connectivity index (χ3n) is 7.14. The van der Waals surface area contributed by atoms with Crippen molar-refractivity contribution in [1.29, 1.82) is 0 Å².